The molecule has 1 amide bonds. The summed E-state index contributed by atoms with van der Waals surface area (Å²) in [6, 6.07) is 11.8. The number of hydrogen-bond acceptors (Lipinski definition) is 5. The summed E-state index contributed by atoms with van der Waals surface area (Å²) in [7, 11) is 0. The normalized spacial score (nSPS) is 10.1. The topological polar surface area (TPSA) is 86.5 Å². The lowest BCUT2D eigenvalue weighted by molar-refractivity contribution is -0.124. The molecule has 0 aliphatic carbocycles. The Morgan fingerprint density at radius 1 is 1.12 bits per heavy atom. The SMILES string of the molecule is Cl.Cl.NCC(F)(F)CNC(=O)COc1ccc(Oc2ccccn2)cc1. The van der Waals surface area contributed by atoms with Crippen molar-refractivity contribution in [2.24, 2.45) is 5.73 Å². The third kappa shape index (κ3) is 8.28. The molecule has 1 aromatic heterocycles. The number of amides is 1. The second kappa shape index (κ2) is 11.5. The molecular formula is C16H19Cl2F2N3O3. The van der Waals surface area contributed by atoms with Crippen LogP contribution >= 0.6 is 24.8 Å². The van der Waals surface area contributed by atoms with Crippen LogP contribution in [0.25, 0.3) is 0 Å². The van der Waals surface area contributed by atoms with E-state index in [-0.39, 0.29) is 31.4 Å². The van der Waals surface area contributed by atoms with Crippen LogP contribution < -0.4 is 20.5 Å². The second-order valence-corrected chi connectivity index (χ2v) is 4.87. The summed E-state index contributed by atoms with van der Waals surface area (Å²) >= 11 is 0. The zero-order chi connectivity index (χ0) is 17.4. The Morgan fingerprint density at radius 2 is 1.77 bits per heavy atom. The van der Waals surface area contributed by atoms with E-state index in [2.05, 4.69) is 10.3 Å². The van der Waals surface area contributed by atoms with Crippen molar-refractivity contribution >= 4 is 30.7 Å². The number of pyridine rings is 1. The fourth-order valence-electron chi connectivity index (χ4n) is 1.63. The maximum absolute atomic E-state index is 12.9. The molecular weight excluding hydrogens is 391 g/mol. The Labute approximate surface area is 161 Å². The van der Waals surface area contributed by atoms with Crippen molar-refractivity contribution < 1.29 is 23.0 Å². The number of carbonyl (C=O) groups is 1. The summed E-state index contributed by atoms with van der Waals surface area (Å²) in [6.07, 6.45) is 1.61. The van der Waals surface area contributed by atoms with Crippen LogP contribution in [0.4, 0.5) is 8.78 Å². The number of rotatable bonds is 8. The maximum atomic E-state index is 12.9. The van der Waals surface area contributed by atoms with Gasteiger partial charge in [0.25, 0.3) is 11.8 Å². The standard InChI is InChI=1S/C16H17F2N3O3.2ClH/c17-16(18,10-19)11-21-14(22)9-23-12-4-6-13(7-5-12)24-15-3-1-2-8-20-15;;/h1-8H,9-11,19H2,(H,21,22);2*1H. The van der Waals surface area contributed by atoms with Crippen LogP contribution in [-0.4, -0.2) is 36.5 Å². The van der Waals surface area contributed by atoms with Crippen LogP contribution in [0.5, 0.6) is 17.4 Å². The molecule has 0 aliphatic rings. The minimum absolute atomic E-state index is 0. The lowest BCUT2D eigenvalue weighted by atomic mass is 10.3. The molecule has 2 rings (SSSR count). The summed E-state index contributed by atoms with van der Waals surface area (Å²) in [4.78, 5) is 15.5. The van der Waals surface area contributed by atoms with Crippen LogP contribution in [0.15, 0.2) is 48.7 Å². The van der Waals surface area contributed by atoms with Gasteiger partial charge in [0.05, 0.1) is 13.1 Å². The van der Waals surface area contributed by atoms with Crippen molar-refractivity contribution in [3.8, 4) is 17.4 Å². The van der Waals surface area contributed by atoms with E-state index in [1.807, 2.05) is 0 Å². The summed E-state index contributed by atoms with van der Waals surface area (Å²) in [6.45, 7) is -2.02. The summed E-state index contributed by atoms with van der Waals surface area (Å²) < 4.78 is 36.5. The molecule has 3 N–H and O–H groups in total. The van der Waals surface area contributed by atoms with Gasteiger partial charge >= 0.3 is 0 Å². The fraction of sp³-hybridized carbons (Fsp3) is 0.250. The van der Waals surface area contributed by atoms with Gasteiger partial charge in [-0.05, 0) is 30.3 Å². The largest absolute Gasteiger partial charge is 0.484 e. The molecule has 0 fully saturated rings. The van der Waals surface area contributed by atoms with Gasteiger partial charge in [0.2, 0.25) is 5.88 Å². The highest BCUT2D eigenvalue weighted by molar-refractivity contribution is 5.85. The highest BCUT2D eigenvalue weighted by Crippen LogP contribution is 2.22. The van der Waals surface area contributed by atoms with Gasteiger partial charge in [0, 0.05) is 12.3 Å². The first-order valence-corrected chi connectivity index (χ1v) is 7.15. The van der Waals surface area contributed by atoms with E-state index in [9.17, 15) is 13.6 Å². The van der Waals surface area contributed by atoms with Gasteiger partial charge in [0.1, 0.15) is 11.5 Å². The van der Waals surface area contributed by atoms with Crippen molar-refractivity contribution in [1.82, 2.24) is 10.3 Å². The van der Waals surface area contributed by atoms with Crippen LogP contribution in [0.3, 0.4) is 0 Å². The molecule has 0 atom stereocenters. The van der Waals surface area contributed by atoms with Gasteiger partial charge in [-0.1, -0.05) is 6.07 Å². The molecule has 0 unspecified atom stereocenters. The van der Waals surface area contributed by atoms with E-state index >= 15 is 0 Å². The molecule has 0 saturated carbocycles. The van der Waals surface area contributed by atoms with Crippen LogP contribution in [0, 0.1) is 0 Å². The zero-order valence-electron chi connectivity index (χ0n) is 13.6. The second-order valence-electron chi connectivity index (χ2n) is 4.87. The fourth-order valence-corrected chi connectivity index (χ4v) is 1.63. The number of ether oxygens (including phenoxy) is 2. The Morgan fingerprint density at radius 3 is 2.35 bits per heavy atom. The maximum Gasteiger partial charge on any atom is 0.277 e. The first kappa shape index (κ1) is 23.8. The van der Waals surface area contributed by atoms with Gasteiger partial charge in [-0.25, -0.2) is 13.8 Å². The van der Waals surface area contributed by atoms with Crippen LogP contribution in [0.2, 0.25) is 0 Å². The van der Waals surface area contributed by atoms with E-state index in [4.69, 9.17) is 15.2 Å². The quantitative estimate of drug-likeness (QED) is 0.699. The third-order valence-electron chi connectivity index (χ3n) is 2.90. The van der Waals surface area contributed by atoms with E-state index in [0.29, 0.717) is 17.4 Å². The molecule has 26 heavy (non-hydrogen) atoms. The average Bonchev–Trinajstić information content (AvgIpc) is 2.60. The molecule has 1 heterocycles. The highest BCUT2D eigenvalue weighted by Gasteiger charge is 2.27. The number of halogens is 4. The number of nitrogens with one attached hydrogen (secondary N) is 1. The van der Waals surface area contributed by atoms with Crippen LogP contribution in [0.1, 0.15) is 0 Å². The average molecular weight is 410 g/mol. The predicted octanol–water partition coefficient (Wildman–Crippen LogP) is 2.81. The Kier molecular flexibility index (Phi) is 10.5. The lowest BCUT2D eigenvalue weighted by Gasteiger charge is -2.14. The minimum atomic E-state index is -3.12. The lowest BCUT2D eigenvalue weighted by Crippen LogP contribution is -2.42. The molecule has 0 radical (unpaired) electrons. The van der Waals surface area contributed by atoms with Crippen molar-refractivity contribution in [1.29, 1.82) is 0 Å². The molecule has 1 aromatic carbocycles. The number of alkyl halides is 2. The number of nitrogens with two attached hydrogens (primary N) is 1. The molecule has 6 nitrogen and oxygen atoms in total. The van der Waals surface area contributed by atoms with Crippen molar-refractivity contribution in [2.45, 2.75) is 5.92 Å². The molecule has 0 saturated heterocycles. The van der Waals surface area contributed by atoms with Crippen molar-refractivity contribution in [2.75, 3.05) is 19.7 Å². The van der Waals surface area contributed by atoms with Crippen molar-refractivity contribution in [3.63, 3.8) is 0 Å². The smallest absolute Gasteiger partial charge is 0.277 e. The van der Waals surface area contributed by atoms with E-state index in [0.717, 1.165) is 0 Å². The summed E-state index contributed by atoms with van der Waals surface area (Å²) in [5.74, 6) is -2.37. The number of aromatic nitrogens is 1. The zero-order valence-corrected chi connectivity index (χ0v) is 15.2. The Balaban J connectivity index is 0.00000312. The molecule has 144 valence electrons. The van der Waals surface area contributed by atoms with Gasteiger partial charge in [-0.2, -0.15) is 0 Å². The molecule has 0 spiro atoms. The third-order valence-corrected chi connectivity index (χ3v) is 2.90. The van der Waals surface area contributed by atoms with E-state index < -0.39 is 24.9 Å². The number of benzene rings is 1. The predicted molar refractivity (Wildman–Crippen MR) is 97.8 cm³/mol. The Hall–Kier alpha value is -2.16. The van der Waals surface area contributed by atoms with Crippen LogP contribution in [-0.2, 0) is 4.79 Å². The van der Waals surface area contributed by atoms with E-state index in [1.165, 1.54) is 0 Å². The molecule has 0 bridgehead atoms. The van der Waals surface area contributed by atoms with E-state index in [1.54, 1.807) is 48.7 Å². The van der Waals surface area contributed by atoms with Gasteiger partial charge in [0.15, 0.2) is 6.61 Å². The minimum Gasteiger partial charge on any atom is -0.484 e. The van der Waals surface area contributed by atoms with Gasteiger partial charge < -0.3 is 20.5 Å². The number of carbonyl (C=O) groups excluding carboxylic acids is 1. The van der Waals surface area contributed by atoms with Crippen molar-refractivity contribution in [3.05, 3.63) is 48.7 Å². The molecule has 0 aliphatic heterocycles. The summed E-state index contributed by atoms with van der Waals surface area (Å²) in [5.41, 5.74) is 4.88. The first-order valence-electron chi connectivity index (χ1n) is 7.15. The number of nitrogens with zero attached hydrogens (tertiary/aromatic N) is 1. The summed E-state index contributed by atoms with van der Waals surface area (Å²) in [5, 5.41) is 2.06. The first-order chi connectivity index (χ1) is 11.5. The Bertz CT molecular complexity index is 662. The molecule has 2 aromatic rings. The molecule has 10 heteroatoms. The van der Waals surface area contributed by atoms with Gasteiger partial charge in [-0.3, -0.25) is 4.79 Å². The van der Waals surface area contributed by atoms with Gasteiger partial charge in [-0.15, -0.1) is 24.8 Å². The monoisotopic (exact) mass is 409 g/mol. The number of hydrogen-bond donors (Lipinski definition) is 2. The highest BCUT2D eigenvalue weighted by atomic mass is 35.5.